The summed E-state index contributed by atoms with van der Waals surface area (Å²) < 4.78 is 27.6. The Kier molecular flexibility index (Phi) is 5.69. The van der Waals surface area contributed by atoms with E-state index >= 15 is 0 Å². The molecule has 1 amide bonds. The first-order valence-corrected chi connectivity index (χ1v) is 11.8. The summed E-state index contributed by atoms with van der Waals surface area (Å²) in [7, 11) is 3.07. The number of rotatable bonds is 3. The summed E-state index contributed by atoms with van der Waals surface area (Å²) in [5, 5.41) is 44.3. The number of amides is 1. The van der Waals surface area contributed by atoms with Gasteiger partial charge in [0.2, 0.25) is 5.78 Å². The van der Waals surface area contributed by atoms with Gasteiger partial charge in [-0.15, -0.1) is 0 Å². The van der Waals surface area contributed by atoms with Crippen molar-refractivity contribution in [3.05, 3.63) is 75.8 Å². The van der Waals surface area contributed by atoms with Crippen LogP contribution in [0.1, 0.15) is 22.3 Å². The number of phenols is 1. The number of carbonyl (C=O) groups is 3. The number of primary amides is 1. The average molecular weight is 526 g/mol. The number of nitrogens with zero attached hydrogens (tertiary/aromatic N) is 1. The quantitative estimate of drug-likeness (QED) is 0.380. The Morgan fingerprint density at radius 1 is 1.08 bits per heavy atom. The Morgan fingerprint density at radius 2 is 1.76 bits per heavy atom. The highest BCUT2D eigenvalue weighted by molar-refractivity contribution is 6.24. The number of benzene rings is 2. The van der Waals surface area contributed by atoms with Crippen LogP contribution in [0.5, 0.6) is 5.75 Å². The maximum Gasteiger partial charge on any atom is 0.255 e. The number of aliphatic hydroxyl groups is 3. The number of halogens is 2. The molecule has 0 fully saturated rings. The van der Waals surface area contributed by atoms with E-state index in [1.807, 2.05) is 0 Å². The van der Waals surface area contributed by atoms with Gasteiger partial charge in [-0.25, -0.2) is 8.78 Å². The molecule has 0 unspecified atom stereocenters. The van der Waals surface area contributed by atoms with Crippen LogP contribution in [0.25, 0.3) is 11.1 Å². The maximum atomic E-state index is 14.0. The lowest BCUT2D eigenvalue weighted by Crippen LogP contribution is -2.63. The van der Waals surface area contributed by atoms with Gasteiger partial charge in [-0.3, -0.25) is 19.3 Å². The number of likely N-dealkylation sites (N-methyl/N-ethyl adjacent to an activating group) is 1. The first kappa shape index (κ1) is 25.6. The lowest BCUT2D eigenvalue weighted by molar-refractivity contribution is -0.148. The fourth-order valence-electron chi connectivity index (χ4n) is 6.18. The molecule has 0 spiro atoms. The topological polar surface area (TPSA) is 161 Å². The van der Waals surface area contributed by atoms with Crippen molar-refractivity contribution in [2.45, 2.75) is 24.5 Å². The average Bonchev–Trinajstić information content (AvgIpc) is 2.83. The zero-order valence-corrected chi connectivity index (χ0v) is 20.3. The Labute approximate surface area is 215 Å². The van der Waals surface area contributed by atoms with Crippen LogP contribution >= 0.6 is 0 Å². The summed E-state index contributed by atoms with van der Waals surface area (Å²) in [5.41, 5.74) is 2.09. The molecule has 0 heterocycles. The number of aliphatic hydroxyl groups excluding tert-OH is 2. The van der Waals surface area contributed by atoms with Crippen molar-refractivity contribution in [3.63, 3.8) is 0 Å². The standard InChI is InChI=1S/C27H24F2N2O7/c1-31(2)21-14-8-11-7-13-12(10-3-5-15(28)16(29)9-10)4-6-17(32)19(13)22(33)18(11)24(35)27(14,38)25(36)20(23(21)34)26(30)37/h3-6,9,11,14,21,32,34-35,38H,7-8H2,1-2H3,(H2,30,37)/t11-,14-,21-,27-/m0/s1. The minimum absolute atomic E-state index is 0.0251. The van der Waals surface area contributed by atoms with Crippen LogP contribution in [-0.4, -0.2) is 68.5 Å². The number of ketones is 2. The normalized spacial score (nSPS) is 26.8. The molecule has 6 N–H and O–H groups in total. The van der Waals surface area contributed by atoms with E-state index in [1.54, 1.807) is 0 Å². The first-order valence-electron chi connectivity index (χ1n) is 11.8. The molecule has 0 bridgehead atoms. The van der Waals surface area contributed by atoms with E-state index in [1.165, 1.54) is 37.2 Å². The van der Waals surface area contributed by atoms with Crippen molar-refractivity contribution in [2.75, 3.05) is 14.1 Å². The number of hydrogen-bond acceptors (Lipinski definition) is 8. The van der Waals surface area contributed by atoms with Crippen molar-refractivity contribution in [1.82, 2.24) is 4.90 Å². The Morgan fingerprint density at radius 3 is 2.37 bits per heavy atom. The number of carbonyl (C=O) groups excluding carboxylic acids is 3. The Bertz CT molecular complexity index is 1510. The van der Waals surface area contributed by atoms with E-state index in [-0.39, 0.29) is 29.5 Å². The Hall–Kier alpha value is -4.09. The van der Waals surface area contributed by atoms with E-state index in [4.69, 9.17) is 5.73 Å². The van der Waals surface area contributed by atoms with Crippen LogP contribution in [0.15, 0.2) is 53.0 Å². The molecule has 0 saturated carbocycles. The molecule has 0 aromatic heterocycles. The minimum Gasteiger partial charge on any atom is -0.510 e. The SMILES string of the molecule is CN(C)[C@@H]1C(O)=C(C(N)=O)C(=O)[C@@]2(O)C(O)=C3C(=O)c4c(O)ccc(-c5ccc(F)c(F)c5)c4C[C@H]3C[C@@H]12. The number of fused-ring (bicyclic) bond motifs is 3. The highest BCUT2D eigenvalue weighted by atomic mass is 19.2. The molecule has 9 nitrogen and oxygen atoms in total. The lowest BCUT2D eigenvalue weighted by atomic mass is 9.58. The van der Waals surface area contributed by atoms with Crippen LogP contribution in [0.3, 0.4) is 0 Å². The van der Waals surface area contributed by atoms with Crippen LogP contribution in [-0.2, 0) is 16.0 Å². The third-order valence-electron chi connectivity index (χ3n) is 7.84. The van der Waals surface area contributed by atoms with Crippen LogP contribution in [0.4, 0.5) is 8.78 Å². The van der Waals surface area contributed by atoms with Crippen molar-refractivity contribution in [2.24, 2.45) is 17.6 Å². The number of nitrogens with two attached hydrogens (primary N) is 1. The highest BCUT2D eigenvalue weighted by Crippen LogP contribution is 2.53. The molecular weight excluding hydrogens is 502 g/mol. The van der Waals surface area contributed by atoms with Gasteiger partial charge in [0.15, 0.2) is 23.0 Å². The molecule has 0 saturated heterocycles. The monoisotopic (exact) mass is 526 g/mol. The van der Waals surface area contributed by atoms with E-state index in [0.717, 1.165) is 12.1 Å². The van der Waals surface area contributed by atoms with Gasteiger partial charge >= 0.3 is 0 Å². The van der Waals surface area contributed by atoms with Gasteiger partial charge < -0.3 is 26.2 Å². The molecule has 2 aromatic rings. The van der Waals surface area contributed by atoms with Crippen molar-refractivity contribution in [1.29, 1.82) is 0 Å². The molecule has 2 aromatic carbocycles. The summed E-state index contributed by atoms with van der Waals surface area (Å²) >= 11 is 0. The largest absolute Gasteiger partial charge is 0.510 e. The van der Waals surface area contributed by atoms with Crippen molar-refractivity contribution in [3.8, 4) is 16.9 Å². The van der Waals surface area contributed by atoms with Crippen LogP contribution in [0.2, 0.25) is 0 Å². The van der Waals surface area contributed by atoms with E-state index in [2.05, 4.69) is 0 Å². The molecule has 0 radical (unpaired) electrons. The second kappa shape index (κ2) is 8.47. The van der Waals surface area contributed by atoms with Gasteiger partial charge in [0.25, 0.3) is 5.91 Å². The number of Topliss-reactive ketones (excluding diaryl/α,β-unsaturated/α-hetero) is 2. The fraction of sp³-hybridized carbons (Fsp3) is 0.296. The summed E-state index contributed by atoms with van der Waals surface area (Å²) in [5.74, 6) is -9.70. The summed E-state index contributed by atoms with van der Waals surface area (Å²) in [6.45, 7) is 0. The third kappa shape index (κ3) is 3.31. The number of phenolic OH excluding ortho intramolecular Hbond substituents is 1. The minimum atomic E-state index is -2.74. The molecule has 11 heteroatoms. The molecule has 3 aliphatic rings. The molecule has 5 rings (SSSR count). The fourth-order valence-corrected chi connectivity index (χ4v) is 6.18. The molecular formula is C27H24F2N2O7. The predicted molar refractivity (Wildman–Crippen MR) is 129 cm³/mol. The highest BCUT2D eigenvalue weighted by Gasteiger charge is 2.63. The summed E-state index contributed by atoms with van der Waals surface area (Å²) in [6.07, 6.45) is -0.0596. The van der Waals surface area contributed by atoms with Crippen molar-refractivity contribution >= 4 is 17.5 Å². The predicted octanol–water partition coefficient (Wildman–Crippen LogP) is 2.07. The van der Waals surface area contributed by atoms with Crippen LogP contribution in [0, 0.1) is 23.5 Å². The van der Waals surface area contributed by atoms with E-state index in [9.17, 15) is 43.6 Å². The second-order valence-corrected chi connectivity index (χ2v) is 10.1. The third-order valence-corrected chi connectivity index (χ3v) is 7.84. The summed E-state index contributed by atoms with van der Waals surface area (Å²) in [4.78, 5) is 40.5. The Balaban J connectivity index is 1.73. The number of aromatic hydroxyl groups is 1. The number of hydrogen-bond donors (Lipinski definition) is 5. The van der Waals surface area contributed by atoms with Crippen molar-refractivity contribution < 1.29 is 43.6 Å². The van der Waals surface area contributed by atoms with Gasteiger partial charge in [0, 0.05) is 11.5 Å². The first-order chi connectivity index (χ1) is 17.8. The maximum absolute atomic E-state index is 14.0. The lowest BCUT2D eigenvalue weighted by Gasteiger charge is -2.50. The zero-order valence-electron chi connectivity index (χ0n) is 20.3. The van der Waals surface area contributed by atoms with Gasteiger partial charge in [-0.05, 0) is 67.7 Å². The number of allylic oxidation sites excluding steroid dienone is 1. The molecule has 3 aliphatic carbocycles. The second-order valence-electron chi connectivity index (χ2n) is 10.1. The van der Waals surface area contributed by atoms with Gasteiger partial charge in [-0.1, -0.05) is 12.1 Å². The van der Waals surface area contributed by atoms with Gasteiger partial charge in [-0.2, -0.15) is 0 Å². The summed E-state index contributed by atoms with van der Waals surface area (Å²) in [6, 6.07) is 4.77. The van der Waals surface area contributed by atoms with Crippen LogP contribution < -0.4 is 5.73 Å². The van der Waals surface area contributed by atoms with E-state index in [0.29, 0.717) is 11.1 Å². The van der Waals surface area contributed by atoms with Gasteiger partial charge in [0.05, 0.1) is 11.6 Å². The zero-order chi connectivity index (χ0) is 27.8. The smallest absolute Gasteiger partial charge is 0.255 e. The van der Waals surface area contributed by atoms with E-state index < -0.39 is 75.4 Å². The molecule has 198 valence electrons. The molecule has 0 aliphatic heterocycles. The molecule has 38 heavy (non-hydrogen) atoms. The van der Waals surface area contributed by atoms with Gasteiger partial charge in [0.1, 0.15) is 22.8 Å². The molecule has 4 atom stereocenters.